The second kappa shape index (κ2) is 66.6. The second-order valence-electron chi connectivity index (χ2n) is 22.9. The zero-order chi connectivity index (χ0) is 59.9. The number of unbranched alkanes of at least 4 members (excludes halogenated alkanes) is 30. The third-order valence-corrected chi connectivity index (χ3v) is 16.7. The molecule has 0 aliphatic heterocycles. The van der Waals surface area contributed by atoms with Crippen LogP contribution in [0, 0.1) is 23.7 Å². The number of hydrogen-bond donors (Lipinski definition) is 0. The third kappa shape index (κ3) is 68.2. The first-order valence-corrected chi connectivity index (χ1v) is 34.9. The van der Waals surface area contributed by atoms with Gasteiger partial charge in [-0.2, -0.15) is 8.42 Å². The van der Waals surface area contributed by atoms with Gasteiger partial charge in [0.05, 0.1) is 52.6 Å². The lowest BCUT2D eigenvalue weighted by Crippen LogP contribution is -2.23. The molecule has 0 aromatic heterocycles. The van der Waals surface area contributed by atoms with E-state index in [1.54, 1.807) is 6.92 Å². The fourth-order valence-electron chi connectivity index (χ4n) is 9.11. The molecule has 0 bridgehead atoms. The van der Waals surface area contributed by atoms with Crippen LogP contribution in [-0.4, -0.2) is 72.6 Å². The lowest BCUT2D eigenvalue weighted by atomic mass is 9.99. The molecule has 0 saturated carbocycles. The summed E-state index contributed by atoms with van der Waals surface area (Å²) >= 11 is 0. The molecule has 79 heavy (non-hydrogen) atoms. The van der Waals surface area contributed by atoms with Crippen LogP contribution in [0.3, 0.4) is 0 Å². The van der Waals surface area contributed by atoms with Crippen LogP contribution in [-0.2, 0) is 52.4 Å². The number of ether oxygens (including phenoxy) is 4. The number of esters is 4. The van der Waals surface area contributed by atoms with Crippen LogP contribution < -0.4 is 0 Å². The summed E-state index contributed by atoms with van der Waals surface area (Å²) in [6, 6.07) is 0. The van der Waals surface area contributed by atoms with Gasteiger partial charge in [-0.3, -0.25) is 23.4 Å². The topological polar surface area (TPSA) is 149 Å². The second-order valence-corrected chi connectivity index (χ2v) is 24.7. The normalized spacial score (nSPS) is 12.6. The minimum Gasteiger partial charge on any atom is -0.469 e. The Morgan fingerprint density at radius 1 is 0.367 bits per heavy atom. The molecular weight excluding hydrogens is 1010 g/mol. The van der Waals surface area contributed by atoms with E-state index >= 15 is 0 Å². The minimum absolute atomic E-state index is 0.0656. The van der Waals surface area contributed by atoms with Crippen LogP contribution >= 0.6 is 0 Å². The van der Waals surface area contributed by atoms with Crippen molar-refractivity contribution in [2.75, 3.05) is 40.3 Å². The van der Waals surface area contributed by atoms with Crippen molar-refractivity contribution in [1.29, 1.82) is 0 Å². The van der Waals surface area contributed by atoms with Crippen LogP contribution in [0.2, 0.25) is 0 Å². The molecule has 0 spiro atoms. The van der Waals surface area contributed by atoms with E-state index < -0.39 is 16.0 Å². The molecule has 0 fully saturated rings. The van der Waals surface area contributed by atoms with Crippen LogP contribution in [0.5, 0.6) is 0 Å². The van der Waals surface area contributed by atoms with Crippen molar-refractivity contribution in [3.63, 3.8) is 0 Å². The Labute approximate surface area is 491 Å². The highest BCUT2D eigenvalue weighted by atomic mass is 32.2. The lowest BCUT2D eigenvalue weighted by Gasteiger charge is -2.18. The zero-order valence-corrected chi connectivity index (χ0v) is 55.3. The van der Waals surface area contributed by atoms with Gasteiger partial charge in [-0.25, -0.2) is 0 Å². The molecule has 12 heteroatoms. The molecule has 0 aliphatic carbocycles. The Kier molecular flexibility index (Phi) is 70.2. The largest absolute Gasteiger partial charge is 0.469 e. The zero-order valence-electron chi connectivity index (χ0n) is 54.4. The molecule has 0 saturated heterocycles. The molecular formula is C67H134O11S. The first-order valence-electron chi connectivity index (χ1n) is 33.4. The maximum absolute atomic E-state index is 12.1. The van der Waals surface area contributed by atoms with Crippen LogP contribution in [0.4, 0.5) is 0 Å². The molecule has 0 heterocycles. The molecule has 0 radical (unpaired) electrons. The van der Waals surface area contributed by atoms with Gasteiger partial charge < -0.3 is 18.9 Å². The summed E-state index contributed by atoms with van der Waals surface area (Å²) in [6.07, 6.45) is 52.6. The van der Waals surface area contributed by atoms with Crippen LogP contribution in [0.15, 0.2) is 0 Å². The van der Waals surface area contributed by atoms with E-state index in [1.165, 1.54) is 201 Å². The van der Waals surface area contributed by atoms with Crippen molar-refractivity contribution in [3.8, 4) is 0 Å². The molecule has 4 unspecified atom stereocenters. The molecule has 0 aliphatic rings. The van der Waals surface area contributed by atoms with Gasteiger partial charge in [0.25, 0.3) is 10.1 Å². The summed E-state index contributed by atoms with van der Waals surface area (Å²) in [5, 5.41) is 0. The van der Waals surface area contributed by atoms with Crippen LogP contribution in [0.1, 0.15) is 345 Å². The average molecular weight is 1150 g/mol. The fourth-order valence-corrected chi connectivity index (χ4v) is 9.83. The van der Waals surface area contributed by atoms with E-state index in [0.29, 0.717) is 37.9 Å². The van der Waals surface area contributed by atoms with Crippen molar-refractivity contribution in [2.45, 2.75) is 345 Å². The van der Waals surface area contributed by atoms with Gasteiger partial charge in [0.15, 0.2) is 0 Å². The number of rotatable bonds is 53. The summed E-state index contributed by atoms with van der Waals surface area (Å²) in [5.41, 5.74) is 0. The van der Waals surface area contributed by atoms with Crippen molar-refractivity contribution in [1.82, 2.24) is 0 Å². The van der Waals surface area contributed by atoms with Crippen molar-refractivity contribution >= 4 is 34.0 Å². The molecule has 0 amide bonds. The van der Waals surface area contributed by atoms with Gasteiger partial charge in [0.1, 0.15) is 0 Å². The van der Waals surface area contributed by atoms with Gasteiger partial charge >= 0.3 is 23.9 Å². The molecule has 11 nitrogen and oxygen atoms in total. The summed E-state index contributed by atoms with van der Waals surface area (Å²) in [7, 11) is 0.921. The predicted molar refractivity (Wildman–Crippen MR) is 335 cm³/mol. The van der Waals surface area contributed by atoms with Gasteiger partial charge in [-0.05, 0) is 49.9 Å². The van der Waals surface area contributed by atoms with Crippen LogP contribution in [0.25, 0.3) is 0 Å². The SMILES string of the molecule is CCC(C)CCCCCCCCCCCCCCC(=O)OC.CCCCC(CC)COC(=O)CC(C)C(=O)OCC(CC)CCCC.CCCCCCCCCCCC(=O)OC.CCCCCCCCCCCCS(=O)(=O)OC. The molecule has 0 N–H and O–H groups in total. The molecule has 4 atom stereocenters. The maximum Gasteiger partial charge on any atom is 0.309 e. The van der Waals surface area contributed by atoms with Gasteiger partial charge in [-0.15, -0.1) is 0 Å². The van der Waals surface area contributed by atoms with Crippen molar-refractivity contribution in [3.05, 3.63) is 0 Å². The average Bonchev–Trinajstić information content (AvgIpc) is 3.45. The lowest BCUT2D eigenvalue weighted by molar-refractivity contribution is -0.156. The van der Waals surface area contributed by atoms with E-state index in [9.17, 15) is 27.6 Å². The smallest absolute Gasteiger partial charge is 0.309 e. The first-order chi connectivity index (χ1) is 38.1. The van der Waals surface area contributed by atoms with Gasteiger partial charge in [0, 0.05) is 12.8 Å². The third-order valence-electron chi connectivity index (χ3n) is 15.4. The Bertz CT molecular complexity index is 1390. The minimum atomic E-state index is -3.23. The predicted octanol–water partition coefficient (Wildman–Crippen LogP) is 20.2. The van der Waals surface area contributed by atoms with E-state index in [2.05, 4.69) is 69.0 Å². The summed E-state index contributed by atoms with van der Waals surface area (Å²) in [4.78, 5) is 45.8. The highest BCUT2D eigenvalue weighted by Gasteiger charge is 2.21. The molecule has 474 valence electrons. The molecule has 0 aromatic carbocycles. The molecule has 0 rings (SSSR count). The Morgan fingerprint density at radius 3 is 1.03 bits per heavy atom. The van der Waals surface area contributed by atoms with Crippen molar-refractivity contribution in [2.24, 2.45) is 23.7 Å². The first kappa shape index (κ1) is 83.3. The highest BCUT2D eigenvalue weighted by molar-refractivity contribution is 7.86. The Balaban J connectivity index is -0.000000484. The number of hydrogen-bond acceptors (Lipinski definition) is 11. The Morgan fingerprint density at radius 2 is 0.696 bits per heavy atom. The summed E-state index contributed by atoms with van der Waals surface area (Å²) in [6.45, 7) is 20.4. The molecule has 0 aromatic rings. The number of carbonyl (C=O) groups is 4. The van der Waals surface area contributed by atoms with Crippen molar-refractivity contribution < 1.29 is 50.7 Å². The number of carbonyl (C=O) groups excluding carboxylic acids is 4. The highest BCUT2D eigenvalue weighted by Crippen LogP contribution is 2.19. The van der Waals surface area contributed by atoms with Gasteiger partial charge in [-0.1, -0.05) is 293 Å². The van der Waals surface area contributed by atoms with E-state index in [-0.39, 0.29) is 36.1 Å². The fraction of sp³-hybridized carbons (Fsp3) is 0.940. The monoisotopic (exact) mass is 1150 g/mol. The number of methoxy groups -OCH3 is 2. The maximum atomic E-state index is 12.1. The summed E-state index contributed by atoms with van der Waals surface area (Å²) < 4.78 is 46.4. The van der Waals surface area contributed by atoms with E-state index in [0.717, 1.165) is 89.4 Å². The van der Waals surface area contributed by atoms with E-state index in [4.69, 9.17) is 9.47 Å². The van der Waals surface area contributed by atoms with Gasteiger partial charge in [0.2, 0.25) is 0 Å². The van der Waals surface area contributed by atoms with E-state index in [1.807, 2.05) is 0 Å². The summed E-state index contributed by atoms with van der Waals surface area (Å²) in [5.74, 6) is 0.783. The quantitative estimate of drug-likeness (QED) is 0.0248. The standard InChI is InChI=1S/C21H40O4.C20H40O2.C13H28O3S.C13H26O2/c1-6-10-12-18(8-3)15-24-20(22)14-17(5)21(23)25-16-19(9-4)13-11-7-2;1-4-19(2)17-15-13-11-9-7-5-6-8-10-12-14-16-18-20(21)22-3;1-3-4-5-6-7-8-9-10-11-12-13-17(14,15)16-2;1-3-4-5-6-7-8-9-10-11-12-13(14)15-2/h17-19H,6-16H2,1-5H3;19H,4-18H2,1-3H3;3-13H2,1-2H3;3-12H2,1-2H3. The Hall–Kier alpha value is -2.21.